The van der Waals surface area contributed by atoms with Gasteiger partial charge in [0.05, 0.1) is 5.69 Å². The first-order chi connectivity index (χ1) is 7.26. The molecule has 0 amide bonds. The van der Waals surface area contributed by atoms with Crippen molar-refractivity contribution in [2.75, 3.05) is 0 Å². The minimum atomic E-state index is 0.160. The number of rotatable bonds is 3. The number of aryl methyl sites for hydroxylation is 1. The fourth-order valence-electron chi connectivity index (χ4n) is 2.45. The first kappa shape index (κ1) is 10.7. The summed E-state index contributed by atoms with van der Waals surface area (Å²) < 4.78 is 0. The fraction of sp³-hybridized carbons (Fsp3) is 0.750. The van der Waals surface area contributed by atoms with Crippen LogP contribution in [-0.2, 0) is 6.42 Å². The van der Waals surface area contributed by atoms with Crippen molar-refractivity contribution in [3.8, 4) is 0 Å². The van der Waals surface area contributed by atoms with E-state index in [4.69, 9.17) is 10.7 Å². The second kappa shape index (κ2) is 4.35. The van der Waals surface area contributed by atoms with Gasteiger partial charge in [0, 0.05) is 17.7 Å². The molecule has 2 rings (SSSR count). The van der Waals surface area contributed by atoms with Gasteiger partial charge in [0.1, 0.15) is 5.82 Å². The number of aromatic nitrogens is 2. The van der Waals surface area contributed by atoms with Gasteiger partial charge in [-0.2, -0.15) is 0 Å². The summed E-state index contributed by atoms with van der Waals surface area (Å²) in [7, 11) is 0. The summed E-state index contributed by atoms with van der Waals surface area (Å²) in [6, 6.07) is 0.160. The lowest BCUT2D eigenvalue weighted by molar-refractivity contribution is 0.554. The summed E-state index contributed by atoms with van der Waals surface area (Å²) in [6.07, 6.45) is 5.70. The molecule has 3 heteroatoms. The van der Waals surface area contributed by atoms with Crippen molar-refractivity contribution in [1.29, 1.82) is 0 Å². The van der Waals surface area contributed by atoms with Gasteiger partial charge >= 0.3 is 0 Å². The van der Waals surface area contributed by atoms with Crippen LogP contribution in [0.25, 0.3) is 0 Å². The molecule has 1 heterocycles. The van der Waals surface area contributed by atoms with Crippen LogP contribution in [0, 0.1) is 0 Å². The monoisotopic (exact) mass is 207 g/mol. The van der Waals surface area contributed by atoms with Crippen LogP contribution in [0.1, 0.15) is 68.7 Å². The van der Waals surface area contributed by atoms with Gasteiger partial charge in [0.15, 0.2) is 0 Å². The zero-order valence-corrected chi connectivity index (χ0v) is 9.71. The molecular weight excluding hydrogens is 186 g/mol. The first-order valence-electron chi connectivity index (χ1n) is 6.10. The summed E-state index contributed by atoms with van der Waals surface area (Å²) >= 11 is 0. The molecule has 0 fully saturated rings. The van der Waals surface area contributed by atoms with E-state index in [0.29, 0.717) is 5.92 Å². The minimum absolute atomic E-state index is 0.160. The lowest BCUT2D eigenvalue weighted by Crippen LogP contribution is -2.17. The Morgan fingerprint density at radius 1 is 1.47 bits per heavy atom. The Hall–Kier alpha value is -0.830. The normalized spacial score (nSPS) is 20.7. The van der Waals surface area contributed by atoms with Gasteiger partial charge in [0.2, 0.25) is 0 Å². The zero-order valence-electron chi connectivity index (χ0n) is 9.71. The number of nitrogens with zero attached hydrogens (tertiary/aromatic N) is 1. The van der Waals surface area contributed by atoms with E-state index in [1.54, 1.807) is 0 Å². The summed E-state index contributed by atoms with van der Waals surface area (Å²) in [4.78, 5) is 8.17. The number of hydrogen-bond donors (Lipinski definition) is 2. The van der Waals surface area contributed by atoms with Gasteiger partial charge in [-0.15, -0.1) is 0 Å². The molecule has 1 unspecified atom stereocenters. The number of aromatic amines is 1. The zero-order chi connectivity index (χ0) is 10.8. The summed E-state index contributed by atoms with van der Waals surface area (Å²) in [5.41, 5.74) is 8.48. The lowest BCUT2D eigenvalue weighted by atomic mass is 9.97. The summed E-state index contributed by atoms with van der Waals surface area (Å²) in [5.74, 6) is 1.73. The van der Waals surface area contributed by atoms with Crippen LogP contribution in [0.3, 0.4) is 0 Å². The van der Waals surface area contributed by atoms with E-state index in [1.165, 1.54) is 12.1 Å². The summed E-state index contributed by atoms with van der Waals surface area (Å²) in [5, 5.41) is 0. The molecular formula is C12H21N3. The topological polar surface area (TPSA) is 54.7 Å². The Bertz CT molecular complexity index is 326. The molecule has 0 radical (unpaired) electrons. The van der Waals surface area contributed by atoms with Crippen molar-refractivity contribution in [2.24, 2.45) is 5.73 Å². The quantitative estimate of drug-likeness (QED) is 0.800. The third-order valence-electron chi connectivity index (χ3n) is 3.49. The van der Waals surface area contributed by atoms with Crippen LogP contribution in [0.15, 0.2) is 0 Å². The van der Waals surface area contributed by atoms with Crippen LogP contribution in [0.2, 0.25) is 0 Å². The second-order valence-corrected chi connectivity index (χ2v) is 4.50. The average molecular weight is 207 g/mol. The van der Waals surface area contributed by atoms with Crippen molar-refractivity contribution in [3.63, 3.8) is 0 Å². The third-order valence-corrected chi connectivity index (χ3v) is 3.49. The highest BCUT2D eigenvalue weighted by Gasteiger charge is 2.23. The van der Waals surface area contributed by atoms with Crippen LogP contribution in [0.4, 0.5) is 0 Å². The molecule has 0 aliphatic heterocycles. The SMILES string of the molecule is CCC(CC)c1nc2c([nH]1)CCCC2N. The van der Waals surface area contributed by atoms with E-state index in [0.717, 1.165) is 37.2 Å². The van der Waals surface area contributed by atoms with Gasteiger partial charge in [0.25, 0.3) is 0 Å². The molecule has 15 heavy (non-hydrogen) atoms. The number of fused-ring (bicyclic) bond motifs is 1. The number of hydrogen-bond acceptors (Lipinski definition) is 2. The van der Waals surface area contributed by atoms with E-state index in [1.807, 2.05) is 0 Å². The van der Waals surface area contributed by atoms with Crippen molar-refractivity contribution in [1.82, 2.24) is 9.97 Å². The molecule has 1 aliphatic rings. The molecule has 1 aromatic heterocycles. The lowest BCUT2D eigenvalue weighted by Gasteiger charge is -2.15. The van der Waals surface area contributed by atoms with E-state index >= 15 is 0 Å². The Balaban J connectivity index is 2.28. The Morgan fingerprint density at radius 3 is 2.80 bits per heavy atom. The van der Waals surface area contributed by atoms with Crippen LogP contribution in [0.5, 0.6) is 0 Å². The van der Waals surface area contributed by atoms with E-state index in [-0.39, 0.29) is 6.04 Å². The first-order valence-corrected chi connectivity index (χ1v) is 6.10. The number of nitrogens with one attached hydrogen (secondary N) is 1. The molecule has 1 aliphatic carbocycles. The Morgan fingerprint density at radius 2 is 2.20 bits per heavy atom. The standard InChI is InChI=1S/C12H21N3/c1-3-8(4-2)12-14-10-7-5-6-9(13)11(10)15-12/h8-9H,3-7,13H2,1-2H3,(H,14,15). The van der Waals surface area contributed by atoms with Gasteiger partial charge in [-0.1, -0.05) is 13.8 Å². The average Bonchev–Trinajstić information content (AvgIpc) is 2.65. The Kier molecular flexibility index (Phi) is 3.10. The molecule has 3 N–H and O–H groups in total. The van der Waals surface area contributed by atoms with E-state index in [2.05, 4.69) is 18.8 Å². The minimum Gasteiger partial charge on any atom is -0.345 e. The van der Waals surface area contributed by atoms with Crippen molar-refractivity contribution < 1.29 is 0 Å². The maximum absolute atomic E-state index is 6.06. The van der Waals surface area contributed by atoms with Gasteiger partial charge in [-0.05, 0) is 32.1 Å². The molecule has 0 saturated carbocycles. The molecule has 3 nitrogen and oxygen atoms in total. The summed E-state index contributed by atoms with van der Waals surface area (Å²) in [6.45, 7) is 4.44. The van der Waals surface area contributed by atoms with E-state index in [9.17, 15) is 0 Å². The molecule has 0 bridgehead atoms. The van der Waals surface area contributed by atoms with Gasteiger partial charge in [-0.25, -0.2) is 4.98 Å². The molecule has 1 aromatic rings. The predicted octanol–water partition coefficient (Wildman–Crippen LogP) is 2.65. The van der Waals surface area contributed by atoms with Crippen molar-refractivity contribution >= 4 is 0 Å². The smallest absolute Gasteiger partial charge is 0.109 e. The molecule has 0 spiro atoms. The van der Waals surface area contributed by atoms with Gasteiger partial charge < -0.3 is 10.7 Å². The number of nitrogens with two attached hydrogens (primary N) is 1. The maximum atomic E-state index is 6.06. The van der Waals surface area contributed by atoms with Crippen molar-refractivity contribution in [2.45, 2.75) is 57.9 Å². The van der Waals surface area contributed by atoms with E-state index < -0.39 is 0 Å². The second-order valence-electron chi connectivity index (χ2n) is 4.50. The van der Waals surface area contributed by atoms with Gasteiger partial charge in [-0.3, -0.25) is 0 Å². The van der Waals surface area contributed by atoms with Crippen LogP contribution >= 0.6 is 0 Å². The molecule has 84 valence electrons. The molecule has 1 atom stereocenters. The Labute approximate surface area is 91.5 Å². The highest BCUT2D eigenvalue weighted by Crippen LogP contribution is 2.29. The number of H-pyrrole nitrogens is 1. The largest absolute Gasteiger partial charge is 0.345 e. The van der Waals surface area contributed by atoms with Crippen LogP contribution in [-0.4, -0.2) is 9.97 Å². The van der Waals surface area contributed by atoms with Crippen molar-refractivity contribution in [3.05, 3.63) is 17.2 Å². The number of imidazole rings is 1. The predicted molar refractivity (Wildman–Crippen MR) is 61.8 cm³/mol. The molecule has 0 aromatic carbocycles. The highest BCUT2D eigenvalue weighted by molar-refractivity contribution is 5.22. The fourth-order valence-corrected chi connectivity index (χ4v) is 2.45. The third kappa shape index (κ3) is 1.93. The highest BCUT2D eigenvalue weighted by atomic mass is 15.0. The van der Waals surface area contributed by atoms with Crippen LogP contribution < -0.4 is 5.73 Å². The maximum Gasteiger partial charge on any atom is 0.109 e. The molecule has 0 saturated heterocycles.